The maximum Gasteiger partial charge on any atom is 0.355 e. The second-order valence-corrected chi connectivity index (χ2v) is 8.28. The Labute approximate surface area is 216 Å². The number of esters is 2. The molecule has 3 rings (SSSR count). The van der Waals surface area contributed by atoms with Crippen LogP contribution in [-0.2, 0) is 20.8 Å². The first kappa shape index (κ1) is 27.1. The summed E-state index contributed by atoms with van der Waals surface area (Å²) in [5.41, 5.74) is 1.29. The molecular weight excluding hydrogens is 516 g/mol. The Balaban J connectivity index is 1.95. The lowest BCUT2D eigenvalue weighted by Crippen LogP contribution is -2.39. The molecule has 1 heterocycles. The third kappa shape index (κ3) is 6.58. The van der Waals surface area contributed by atoms with E-state index in [2.05, 4.69) is 10.3 Å². The second kappa shape index (κ2) is 12.5. The fourth-order valence-electron chi connectivity index (χ4n) is 3.45. The number of carbonyl (C=O) groups is 3. The van der Waals surface area contributed by atoms with Crippen LogP contribution in [-0.4, -0.2) is 61.4 Å². The summed E-state index contributed by atoms with van der Waals surface area (Å²) in [6.07, 6.45) is 0. The van der Waals surface area contributed by atoms with Gasteiger partial charge in [-0.2, -0.15) is 0 Å². The van der Waals surface area contributed by atoms with Crippen LogP contribution < -0.4 is 10.1 Å². The Morgan fingerprint density at radius 2 is 1.86 bits per heavy atom. The summed E-state index contributed by atoms with van der Waals surface area (Å²) in [5.74, 6) is -0.895. The first-order valence-corrected chi connectivity index (χ1v) is 11.6. The number of anilines is 1. The van der Waals surface area contributed by atoms with Gasteiger partial charge in [-0.05, 0) is 43.3 Å². The molecule has 0 bridgehead atoms. The SMILES string of the molecule is CCOC(=O)c1[nH]c2cc(Cl)cc(Cl)c2c1CN(CC(=O)OC)C(=O)Nc1ccc(OCCF)cc1. The number of rotatable bonds is 10. The first-order chi connectivity index (χ1) is 17.3. The largest absolute Gasteiger partial charge is 0.491 e. The zero-order chi connectivity index (χ0) is 26.2. The van der Waals surface area contributed by atoms with Crippen molar-refractivity contribution in [2.75, 3.05) is 38.9 Å². The van der Waals surface area contributed by atoms with Gasteiger partial charge in [0.05, 0.1) is 25.3 Å². The molecule has 2 amide bonds. The molecule has 0 unspecified atom stereocenters. The molecule has 0 aliphatic heterocycles. The Kier molecular flexibility index (Phi) is 9.38. The fourth-order valence-corrected chi connectivity index (χ4v) is 4.06. The lowest BCUT2D eigenvalue weighted by Gasteiger charge is -2.22. The van der Waals surface area contributed by atoms with Crippen LogP contribution in [0, 0.1) is 0 Å². The van der Waals surface area contributed by atoms with E-state index in [0.717, 1.165) is 4.90 Å². The van der Waals surface area contributed by atoms with Crippen LogP contribution in [0.25, 0.3) is 10.9 Å². The van der Waals surface area contributed by atoms with E-state index < -0.39 is 31.2 Å². The zero-order valence-corrected chi connectivity index (χ0v) is 21.0. The predicted molar refractivity (Wildman–Crippen MR) is 134 cm³/mol. The van der Waals surface area contributed by atoms with E-state index in [0.29, 0.717) is 32.9 Å². The number of alkyl halides is 1. The van der Waals surface area contributed by atoms with Crippen molar-refractivity contribution in [3.8, 4) is 5.75 Å². The lowest BCUT2D eigenvalue weighted by atomic mass is 10.1. The van der Waals surface area contributed by atoms with Crippen molar-refractivity contribution in [2.24, 2.45) is 0 Å². The van der Waals surface area contributed by atoms with Crippen molar-refractivity contribution >= 4 is 57.8 Å². The minimum absolute atomic E-state index is 0.0769. The fraction of sp³-hybridized carbons (Fsp3) is 0.292. The molecule has 0 radical (unpaired) electrons. The third-order valence-electron chi connectivity index (χ3n) is 5.03. The van der Waals surface area contributed by atoms with E-state index in [9.17, 15) is 18.8 Å². The van der Waals surface area contributed by atoms with Crippen molar-refractivity contribution in [3.63, 3.8) is 0 Å². The van der Waals surface area contributed by atoms with Gasteiger partial charge in [-0.15, -0.1) is 0 Å². The molecule has 0 aliphatic carbocycles. The van der Waals surface area contributed by atoms with Crippen molar-refractivity contribution in [2.45, 2.75) is 13.5 Å². The number of nitrogens with one attached hydrogen (secondary N) is 2. The van der Waals surface area contributed by atoms with Gasteiger partial charge in [-0.25, -0.2) is 14.0 Å². The molecule has 0 spiro atoms. The molecule has 192 valence electrons. The number of hydrogen-bond donors (Lipinski definition) is 2. The monoisotopic (exact) mass is 539 g/mol. The summed E-state index contributed by atoms with van der Waals surface area (Å²) in [7, 11) is 1.20. The minimum atomic E-state index is -0.674. The lowest BCUT2D eigenvalue weighted by molar-refractivity contribution is -0.141. The van der Waals surface area contributed by atoms with Gasteiger partial charge >= 0.3 is 18.0 Å². The Bertz CT molecular complexity index is 1250. The number of hydrogen-bond acceptors (Lipinski definition) is 6. The van der Waals surface area contributed by atoms with Crippen LogP contribution in [0.1, 0.15) is 23.0 Å². The number of ether oxygens (including phenoxy) is 3. The molecule has 0 atom stereocenters. The summed E-state index contributed by atoms with van der Waals surface area (Å²) < 4.78 is 27.4. The van der Waals surface area contributed by atoms with Crippen LogP contribution >= 0.6 is 23.2 Å². The Morgan fingerprint density at radius 3 is 2.50 bits per heavy atom. The molecule has 9 nitrogen and oxygen atoms in total. The summed E-state index contributed by atoms with van der Waals surface area (Å²) in [4.78, 5) is 42.1. The number of amides is 2. The van der Waals surface area contributed by atoms with Crippen molar-refractivity contribution < 1.29 is 33.0 Å². The van der Waals surface area contributed by atoms with Gasteiger partial charge in [-0.1, -0.05) is 23.2 Å². The summed E-state index contributed by atoms with van der Waals surface area (Å²) in [6.45, 7) is 0.474. The molecule has 3 aromatic rings. The number of halogens is 3. The maximum absolute atomic E-state index is 13.2. The molecule has 2 N–H and O–H groups in total. The van der Waals surface area contributed by atoms with E-state index >= 15 is 0 Å². The third-order valence-corrected chi connectivity index (χ3v) is 5.55. The number of aromatic nitrogens is 1. The van der Waals surface area contributed by atoms with Crippen molar-refractivity contribution in [1.82, 2.24) is 9.88 Å². The molecule has 1 aromatic heterocycles. The van der Waals surface area contributed by atoms with E-state index in [1.165, 1.54) is 13.2 Å². The standard InChI is InChI=1S/C24H24Cl2FN3O6/c1-3-35-23(32)22-17(21-18(26)10-14(25)11-19(21)29-22)12-30(13-20(31)34-2)24(33)28-15-4-6-16(7-5-15)36-9-8-27/h4-7,10-11,29H,3,8-9,12-13H2,1-2H3,(H,28,33). The number of carbonyl (C=O) groups excluding carboxylic acids is 3. The quantitative estimate of drug-likeness (QED) is 0.342. The van der Waals surface area contributed by atoms with Gasteiger partial charge in [0, 0.05) is 27.2 Å². The van der Waals surface area contributed by atoms with E-state index in [-0.39, 0.29) is 30.5 Å². The van der Waals surface area contributed by atoms with E-state index in [1.807, 2.05) is 0 Å². The number of nitrogens with zero attached hydrogens (tertiary/aromatic N) is 1. The maximum atomic E-state index is 13.2. The second-order valence-electron chi connectivity index (χ2n) is 7.43. The van der Waals surface area contributed by atoms with Crippen molar-refractivity contribution in [1.29, 1.82) is 0 Å². The number of aromatic amines is 1. The number of urea groups is 1. The summed E-state index contributed by atoms with van der Waals surface area (Å²) in [6, 6.07) is 8.72. The molecule has 0 aliphatic rings. The van der Waals surface area contributed by atoms with Crippen LogP contribution in [0.15, 0.2) is 36.4 Å². The summed E-state index contributed by atoms with van der Waals surface area (Å²) >= 11 is 12.6. The number of H-pyrrole nitrogens is 1. The summed E-state index contributed by atoms with van der Waals surface area (Å²) in [5, 5.41) is 3.74. The normalized spacial score (nSPS) is 10.7. The van der Waals surface area contributed by atoms with Gasteiger partial charge < -0.3 is 29.4 Å². The van der Waals surface area contributed by atoms with E-state index in [1.54, 1.807) is 37.3 Å². The van der Waals surface area contributed by atoms with Crippen LogP contribution in [0.5, 0.6) is 5.75 Å². The molecule has 12 heteroatoms. The van der Waals surface area contributed by atoms with Gasteiger partial charge in [0.1, 0.15) is 31.3 Å². The van der Waals surface area contributed by atoms with Crippen LogP contribution in [0.3, 0.4) is 0 Å². The van der Waals surface area contributed by atoms with Crippen molar-refractivity contribution in [3.05, 3.63) is 57.7 Å². The molecule has 0 saturated heterocycles. The van der Waals surface area contributed by atoms with Crippen LogP contribution in [0.2, 0.25) is 10.0 Å². The van der Waals surface area contributed by atoms with Gasteiger partial charge in [0.25, 0.3) is 0 Å². The predicted octanol–water partition coefficient (Wildman–Crippen LogP) is 5.21. The molecular formula is C24H24Cl2FN3O6. The molecule has 2 aromatic carbocycles. The average Bonchev–Trinajstić information content (AvgIpc) is 3.21. The smallest absolute Gasteiger partial charge is 0.355 e. The highest BCUT2D eigenvalue weighted by atomic mass is 35.5. The topological polar surface area (TPSA) is 110 Å². The average molecular weight is 540 g/mol. The zero-order valence-electron chi connectivity index (χ0n) is 19.5. The Hall–Kier alpha value is -3.50. The molecule has 36 heavy (non-hydrogen) atoms. The Morgan fingerprint density at radius 1 is 1.14 bits per heavy atom. The number of fused-ring (bicyclic) bond motifs is 1. The van der Waals surface area contributed by atoms with E-state index in [4.69, 9.17) is 37.4 Å². The van der Waals surface area contributed by atoms with Crippen LogP contribution in [0.4, 0.5) is 14.9 Å². The number of benzene rings is 2. The number of methoxy groups -OCH3 is 1. The first-order valence-electron chi connectivity index (χ1n) is 10.9. The highest BCUT2D eigenvalue weighted by molar-refractivity contribution is 6.39. The molecule has 0 fully saturated rings. The van der Waals surface area contributed by atoms with Gasteiger partial charge in [0.2, 0.25) is 0 Å². The minimum Gasteiger partial charge on any atom is -0.491 e. The van der Waals surface area contributed by atoms with Gasteiger partial charge in [-0.3, -0.25) is 4.79 Å². The highest BCUT2D eigenvalue weighted by Crippen LogP contribution is 2.34. The highest BCUT2D eigenvalue weighted by Gasteiger charge is 2.26. The van der Waals surface area contributed by atoms with Gasteiger partial charge in [0.15, 0.2) is 0 Å². The molecule has 0 saturated carbocycles.